The van der Waals surface area contributed by atoms with Crippen molar-refractivity contribution in [2.24, 2.45) is 5.92 Å². The minimum atomic E-state index is -4.39. The van der Waals surface area contributed by atoms with Crippen LogP contribution in [0.25, 0.3) is 0 Å². The summed E-state index contributed by atoms with van der Waals surface area (Å²) in [6.45, 7) is 1.04. The number of carbonyl (C=O) groups is 1. The van der Waals surface area contributed by atoms with Crippen molar-refractivity contribution in [2.75, 3.05) is 11.9 Å². The summed E-state index contributed by atoms with van der Waals surface area (Å²) in [6, 6.07) is 11.1. The van der Waals surface area contributed by atoms with Crippen LogP contribution in [0.4, 0.5) is 18.9 Å². The summed E-state index contributed by atoms with van der Waals surface area (Å²) < 4.78 is 38.1. The summed E-state index contributed by atoms with van der Waals surface area (Å²) in [6.07, 6.45) is 2.63. The molecule has 3 aliphatic rings. The highest BCUT2D eigenvalue weighted by molar-refractivity contribution is 6.04. The van der Waals surface area contributed by atoms with E-state index in [-0.39, 0.29) is 5.41 Å². The quantitative estimate of drug-likeness (QED) is 0.613. The summed E-state index contributed by atoms with van der Waals surface area (Å²) >= 11 is 0. The first kappa shape index (κ1) is 21.1. The molecule has 2 aromatic rings. The van der Waals surface area contributed by atoms with Crippen molar-refractivity contribution in [2.45, 2.75) is 56.2 Å². The smallest absolute Gasteiger partial charge is 0.315 e. The van der Waals surface area contributed by atoms with Crippen molar-refractivity contribution in [1.82, 2.24) is 5.32 Å². The summed E-state index contributed by atoms with van der Waals surface area (Å²) in [5.41, 5.74) is 3.22. The molecular weight excluding hydrogens is 413 g/mol. The zero-order valence-electron chi connectivity index (χ0n) is 17.7. The number of anilines is 1. The number of fused-ring (bicyclic) bond motifs is 1. The van der Waals surface area contributed by atoms with Gasteiger partial charge in [0.05, 0.1) is 5.56 Å². The lowest BCUT2D eigenvalue weighted by molar-refractivity contribution is -0.137. The SMILES string of the molecule is O=C(C#Cc1ccc(C(F)(F)F)cc1)Nc1cccc2c1C[C@H]1NCC[C@@]23CCCC[C@@H]13. The van der Waals surface area contributed by atoms with Crippen molar-refractivity contribution in [1.29, 1.82) is 0 Å². The largest absolute Gasteiger partial charge is 0.416 e. The second kappa shape index (κ2) is 7.97. The van der Waals surface area contributed by atoms with Gasteiger partial charge >= 0.3 is 12.1 Å². The van der Waals surface area contributed by atoms with Gasteiger partial charge < -0.3 is 10.6 Å². The van der Waals surface area contributed by atoms with Gasteiger partial charge in [-0.15, -0.1) is 0 Å². The molecule has 32 heavy (non-hydrogen) atoms. The lowest BCUT2D eigenvalue weighted by Crippen LogP contribution is -2.59. The molecule has 3 nitrogen and oxygen atoms in total. The Balaban J connectivity index is 1.38. The van der Waals surface area contributed by atoms with Crippen molar-refractivity contribution < 1.29 is 18.0 Å². The molecule has 1 saturated heterocycles. The Kier molecular flexibility index (Phi) is 5.25. The number of hydrogen-bond acceptors (Lipinski definition) is 2. The number of rotatable bonds is 1. The van der Waals surface area contributed by atoms with Crippen LogP contribution < -0.4 is 10.6 Å². The molecule has 1 aliphatic heterocycles. The molecule has 166 valence electrons. The van der Waals surface area contributed by atoms with Crippen LogP contribution in [0.3, 0.4) is 0 Å². The standard InChI is InChI=1S/C26H25F3N2O/c27-26(28,29)18-10-7-17(8-11-18)9-12-24(32)31-22-6-3-5-20-19(22)16-23-21-4-1-2-13-25(20,21)14-15-30-23/h3,5-8,10-11,21,23,30H,1-2,4,13-16H2,(H,31,32)/t21-,23+,25-/m0/s1. The minimum Gasteiger partial charge on any atom is -0.315 e. The first-order valence-corrected chi connectivity index (χ1v) is 11.2. The molecule has 0 radical (unpaired) electrons. The van der Waals surface area contributed by atoms with Crippen LogP contribution in [0.5, 0.6) is 0 Å². The van der Waals surface area contributed by atoms with Crippen LogP contribution in [0, 0.1) is 17.8 Å². The van der Waals surface area contributed by atoms with Crippen molar-refractivity contribution in [3.63, 3.8) is 0 Å². The Morgan fingerprint density at radius 1 is 1.09 bits per heavy atom. The van der Waals surface area contributed by atoms with Gasteiger partial charge in [-0.2, -0.15) is 13.2 Å². The normalized spacial score (nSPS) is 26.2. The average molecular weight is 438 g/mol. The molecule has 1 saturated carbocycles. The number of hydrogen-bond donors (Lipinski definition) is 2. The van der Waals surface area contributed by atoms with Crippen LogP contribution in [0.2, 0.25) is 0 Å². The molecule has 1 heterocycles. The average Bonchev–Trinajstić information content (AvgIpc) is 2.78. The maximum absolute atomic E-state index is 12.7. The van der Waals surface area contributed by atoms with E-state index in [4.69, 9.17) is 0 Å². The van der Waals surface area contributed by atoms with Crippen molar-refractivity contribution >= 4 is 11.6 Å². The van der Waals surface area contributed by atoms with Gasteiger partial charge in [0.15, 0.2) is 0 Å². The molecule has 0 spiro atoms. The molecule has 1 amide bonds. The Labute approximate surface area is 185 Å². The van der Waals surface area contributed by atoms with Gasteiger partial charge in [0, 0.05) is 28.6 Å². The van der Waals surface area contributed by atoms with E-state index in [0.717, 1.165) is 37.2 Å². The van der Waals surface area contributed by atoms with E-state index in [1.54, 1.807) is 0 Å². The predicted octanol–water partition coefficient (Wildman–Crippen LogP) is 5.04. The molecule has 2 bridgehead atoms. The van der Waals surface area contributed by atoms with Gasteiger partial charge in [0.1, 0.15) is 0 Å². The van der Waals surface area contributed by atoms with Crippen LogP contribution in [-0.4, -0.2) is 18.5 Å². The number of alkyl halides is 3. The molecular formula is C26H25F3N2O. The third kappa shape index (κ3) is 3.69. The fraction of sp³-hybridized carbons (Fsp3) is 0.423. The van der Waals surface area contributed by atoms with E-state index in [1.165, 1.54) is 48.9 Å². The van der Waals surface area contributed by atoms with Gasteiger partial charge in [0.2, 0.25) is 0 Å². The molecule has 2 aromatic carbocycles. The maximum Gasteiger partial charge on any atom is 0.416 e. The lowest BCUT2D eigenvalue weighted by atomic mass is 9.52. The summed E-state index contributed by atoms with van der Waals surface area (Å²) in [4.78, 5) is 12.5. The minimum absolute atomic E-state index is 0.203. The van der Waals surface area contributed by atoms with Crippen molar-refractivity contribution in [3.8, 4) is 11.8 Å². The number of nitrogens with one attached hydrogen (secondary N) is 2. The Morgan fingerprint density at radius 2 is 1.91 bits per heavy atom. The van der Waals surface area contributed by atoms with Crippen LogP contribution in [0.1, 0.15) is 54.4 Å². The zero-order chi connectivity index (χ0) is 22.3. The second-order valence-electron chi connectivity index (χ2n) is 9.13. The first-order valence-electron chi connectivity index (χ1n) is 11.2. The summed E-state index contributed by atoms with van der Waals surface area (Å²) in [5.74, 6) is 5.38. The lowest BCUT2D eigenvalue weighted by Gasteiger charge is -2.56. The number of amides is 1. The molecule has 0 aromatic heterocycles. The highest BCUT2D eigenvalue weighted by atomic mass is 19.4. The molecule has 6 heteroatoms. The van der Waals surface area contributed by atoms with E-state index in [2.05, 4.69) is 28.5 Å². The van der Waals surface area contributed by atoms with E-state index < -0.39 is 17.6 Å². The summed E-state index contributed by atoms with van der Waals surface area (Å²) in [5, 5.41) is 6.64. The number of benzene rings is 2. The van der Waals surface area contributed by atoms with E-state index >= 15 is 0 Å². The molecule has 2 N–H and O–H groups in total. The van der Waals surface area contributed by atoms with Crippen LogP contribution in [-0.2, 0) is 22.8 Å². The topological polar surface area (TPSA) is 41.1 Å². The number of carbonyl (C=O) groups excluding carboxylic acids is 1. The van der Waals surface area contributed by atoms with E-state index in [9.17, 15) is 18.0 Å². The highest BCUT2D eigenvalue weighted by Crippen LogP contribution is 2.54. The van der Waals surface area contributed by atoms with E-state index in [0.29, 0.717) is 17.5 Å². The molecule has 2 fully saturated rings. The zero-order valence-corrected chi connectivity index (χ0v) is 17.7. The van der Waals surface area contributed by atoms with E-state index in [1.807, 2.05) is 12.1 Å². The van der Waals surface area contributed by atoms with Gasteiger partial charge in [-0.05, 0) is 79.6 Å². The summed E-state index contributed by atoms with van der Waals surface area (Å²) in [7, 11) is 0. The third-order valence-electron chi connectivity index (χ3n) is 7.48. The Morgan fingerprint density at radius 3 is 2.69 bits per heavy atom. The van der Waals surface area contributed by atoms with Crippen molar-refractivity contribution in [3.05, 3.63) is 64.7 Å². The first-order chi connectivity index (χ1) is 15.4. The van der Waals surface area contributed by atoms with Gasteiger partial charge in [-0.3, -0.25) is 4.79 Å². The fourth-order valence-corrected chi connectivity index (χ4v) is 6.10. The Bertz CT molecular complexity index is 1090. The van der Waals surface area contributed by atoms with Gasteiger partial charge in [-0.25, -0.2) is 0 Å². The maximum atomic E-state index is 12.7. The second-order valence-corrected chi connectivity index (χ2v) is 9.13. The highest BCUT2D eigenvalue weighted by Gasteiger charge is 2.51. The molecule has 2 aliphatic carbocycles. The number of piperidine rings is 1. The van der Waals surface area contributed by atoms with Crippen LogP contribution >= 0.6 is 0 Å². The number of halogens is 3. The van der Waals surface area contributed by atoms with Gasteiger partial charge in [0.25, 0.3) is 0 Å². The molecule has 3 atom stereocenters. The monoisotopic (exact) mass is 438 g/mol. The molecule has 0 unspecified atom stereocenters. The van der Waals surface area contributed by atoms with Gasteiger partial charge in [-0.1, -0.05) is 30.9 Å². The third-order valence-corrected chi connectivity index (χ3v) is 7.48. The predicted molar refractivity (Wildman–Crippen MR) is 117 cm³/mol. The fourth-order valence-electron chi connectivity index (χ4n) is 6.10. The molecule has 5 rings (SSSR count). The Hall–Kier alpha value is -2.78. The van der Waals surface area contributed by atoms with Crippen LogP contribution in [0.15, 0.2) is 42.5 Å².